The van der Waals surface area contributed by atoms with Crippen molar-refractivity contribution in [3.63, 3.8) is 0 Å². The van der Waals surface area contributed by atoms with Gasteiger partial charge < -0.3 is 4.90 Å². The lowest BCUT2D eigenvalue weighted by molar-refractivity contribution is 0.0708. The molecule has 0 amide bonds. The molecule has 1 aliphatic carbocycles. The van der Waals surface area contributed by atoms with E-state index in [0.29, 0.717) is 11.7 Å². The molecule has 2 aromatic rings. The normalized spacial score (nSPS) is 23.1. The molecule has 1 N–H and O–H groups in total. The highest BCUT2D eigenvalue weighted by Crippen LogP contribution is 2.43. The lowest BCUT2D eigenvalue weighted by Crippen LogP contribution is -2.49. The van der Waals surface area contributed by atoms with E-state index < -0.39 is 9.84 Å². The van der Waals surface area contributed by atoms with Gasteiger partial charge in [0.1, 0.15) is 15.7 Å². The second kappa shape index (κ2) is 7.36. The Labute approximate surface area is 161 Å². The van der Waals surface area contributed by atoms with E-state index in [1.54, 1.807) is 0 Å². The van der Waals surface area contributed by atoms with Crippen molar-refractivity contribution < 1.29 is 8.42 Å². The van der Waals surface area contributed by atoms with Crippen LogP contribution in [0, 0.1) is 5.41 Å². The summed E-state index contributed by atoms with van der Waals surface area (Å²) in [5.74, 6) is 2.35. The van der Waals surface area contributed by atoms with E-state index in [-0.39, 0.29) is 5.41 Å². The number of piperidine rings is 1. The standard InChI is InChI=1S/C20H28N4O2S/c1-27(25,26)15-20(10-6-11-20)14-24-12-5-9-17(13-24)19-21-18(22-23-19)16-7-3-2-4-8-16/h2-4,7-8,17H,5-6,9-15H2,1H3,(H,21,22,23)/t17-/m1/s1. The molecule has 0 bridgehead atoms. The number of H-pyrrole nitrogens is 1. The number of nitrogens with one attached hydrogen (secondary N) is 1. The fraction of sp³-hybridized carbons (Fsp3) is 0.600. The summed E-state index contributed by atoms with van der Waals surface area (Å²) in [6, 6.07) is 10.0. The van der Waals surface area contributed by atoms with Gasteiger partial charge in [-0.05, 0) is 37.6 Å². The SMILES string of the molecule is CS(=O)(=O)CC1(CN2CCC[C@@H](c3nc(-c4ccccc4)n[nH]3)C2)CCC1. The van der Waals surface area contributed by atoms with Gasteiger partial charge in [0.15, 0.2) is 5.82 Å². The first-order valence-electron chi connectivity index (χ1n) is 9.80. The van der Waals surface area contributed by atoms with Crippen LogP contribution in [-0.2, 0) is 9.84 Å². The summed E-state index contributed by atoms with van der Waals surface area (Å²) >= 11 is 0. The van der Waals surface area contributed by atoms with Gasteiger partial charge >= 0.3 is 0 Å². The van der Waals surface area contributed by atoms with Crippen molar-refractivity contribution in [2.24, 2.45) is 5.41 Å². The highest BCUT2D eigenvalue weighted by molar-refractivity contribution is 7.90. The first-order chi connectivity index (χ1) is 12.9. The smallest absolute Gasteiger partial charge is 0.181 e. The lowest BCUT2D eigenvalue weighted by atomic mass is 9.69. The molecule has 1 aromatic carbocycles. The number of likely N-dealkylation sites (tertiary alicyclic amines) is 1. The Bertz CT molecular complexity index is 874. The summed E-state index contributed by atoms with van der Waals surface area (Å²) < 4.78 is 23.7. The molecule has 2 heterocycles. The largest absolute Gasteiger partial charge is 0.302 e. The van der Waals surface area contributed by atoms with Crippen LogP contribution in [-0.4, -0.2) is 60.1 Å². The van der Waals surface area contributed by atoms with Crippen LogP contribution in [0.4, 0.5) is 0 Å². The first-order valence-corrected chi connectivity index (χ1v) is 11.9. The Kier molecular flexibility index (Phi) is 5.07. The van der Waals surface area contributed by atoms with E-state index >= 15 is 0 Å². The van der Waals surface area contributed by atoms with E-state index in [2.05, 4.69) is 15.1 Å². The zero-order valence-electron chi connectivity index (χ0n) is 15.9. The Hall–Kier alpha value is -1.73. The molecule has 4 rings (SSSR count). The number of rotatable bonds is 6. The second-order valence-electron chi connectivity index (χ2n) is 8.41. The summed E-state index contributed by atoms with van der Waals surface area (Å²) in [7, 11) is -2.94. The molecule has 1 aliphatic heterocycles. The molecular formula is C20H28N4O2S. The molecule has 146 valence electrons. The van der Waals surface area contributed by atoms with Gasteiger partial charge in [0.05, 0.1) is 5.75 Å². The summed E-state index contributed by atoms with van der Waals surface area (Å²) in [6.07, 6.45) is 6.78. The van der Waals surface area contributed by atoms with Crippen molar-refractivity contribution in [1.82, 2.24) is 20.1 Å². The Morgan fingerprint density at radius 3 is 2.67 bits per heavy atom. The zero-order valence-corrected chi connectivity index (χ0v) is 16.7. The predicted octanol–water partition coefficient (Wildman–Crippen LogP) is 2.87. The third-order valence-electron chi connectivity index (χ3n) is 5.97. The number of hydrogen-bond acceptors (Lipinski definition) is 5. The molecule has 0 radical (unpaired) electrons. The number of sulfone groups is 1. The molecule has 6 nitrogen and oxygen atoms in total. The van der Waals surface area contributed by atoms with Crippen molar-refractivity contribution in [1.29, 1.82) is 0 Å². The van der Waals surface area contributed by atoms with Gasteiger partial charge in [-0.1, -0.05) is 36.8 Å². The molecule has 2 aliphatic rings. The van der Waals surface area contributed by atoms with Gasteiger partial charge in [0, 0.05) is 30.8 Å². The van der Waals surface area contributed by atoms with E-state index in [0.717, 1.165) is 69.0 Å². The second-order valence-corrected chi connectivity index (χ2v) is 10.5. The number of benzene rings is 1. The van der Waals surface area contributed by atoms with Crippen molar-refractivity contribution in [2.75, 3.05) is 31.6 Å². The molecule has 7 heteroatoms. The zero-order chi connectivity index (χ0) is 18.9. The average Bonchev–Trinajstić information content (AvgIpc) is 3.10. The topological polar surface area (TPSA) is 79.0 Å². The minimum absolute atomic E-state index is 0.0356. The van der Waals surface area contributed by atoms with Gasteiger partial charge in [-0.3, -0.25) is 5.10 Å². The third-order valence-corrected chi connectivity index (χ3v) is 7.11. The van der Waals surface area contributed by atoms with Crippen LogP contribution in [0.25, 0.3) is 11.4 Å². The van der Waals surface area contributed by atoms with Gasteiger partial charge in [-0.15, -0.1) is 0 Å². The van der Waals surface area contributed by atoms with Crippen LogP contribution in [0.2, 0.25) is 0 Å². The van der Waals surface area contributed by atoms with Crippen LogP contribution in [0.1, 0.15) is 43.8 Å². The maximum atomic E-state index is 11.9. The molecule has 1 saturated heterocycles. The quantitative estimate of drug-likeness (QED) is 0.823. The van der Waals surface area contributed by atoms with Crippen LogP contribution in [0.15, 0.2) is 30.3 Å². The summed E-state index contributed by atoms with van der Waals surface area (Å²) in [4.78, 5) is 7.19. The minimum Gasteiger partial charge on any atom is -0.302 e. The Morgan fingerprint density at radius 1 is 1.22 bits per heavy atom. The highest BCUT2D eigenvalue weighted by atomic mass is 32.2. The molecule has 1 saturated carbocycles. The maximum Gasteiger partial charge on any atom is 0.181 e. The summed E-state index contributed by atoms with van der Waals surface area (Å²) in [5, 5.41) is 7.54. The molecular weight excluding hydrogens is 360 g/mol. The van der Waals surface area contributed by atoms with Gasteiger partial charge in [0.2, 0.25) is 0 Å². The van der Waals surface area contributed by atoms with Gasteiger partial charge in [-0.25, -0.2) is 13.4 Å². The highest BCUT2D eigenvalue weighted by Gasteiger charge is 2.42. The monoisotopic (exact) mass is 388 g/mol. The molecule has 0 unspecified atom stereocenters. The fourth-order valence-electron chi connectivity index (χ4n) is 4.65. The summed E-state index contributed by atoms with van der Waals surface area (Å²) in [6.45, 7) is 2.85. The molecule has 27 heavy (non-hydrogen) atoms. The number of aromatic amines is 1. The molecule has 1 atom stereocenters. The molecule has 2 fully saturated rings. The van der Waals surface area contributed by atoms with E-state index in [1.165, 1.54) is 6.26 Å². The maximum absolute atomic E-state index is 11.9. The third kappa shape index (κ3) is 4.41. The molecule has 1 aromatic heterocycles. The number of hydrogen-bond donors (Lipinski definition) is 1. The van der Waals surface area contributed by atoms with Gasteiger partial charge in [0.25, 0.3) is 0 Å². The number of aromatic nitrogens is 3. The van der Waals surface area contributed by atoms with Crippen LogP contribution >= 0.6 is 0 Å². The molecule has 0 spiro atoms. The van der Waals surface area contributed by atoms with Crippen molar-refractivity contribution in [3.8, 4) is 11.4 Å². The predicted molar refractivity (Wildman–Crippen MR) is 106 cm³/mol. The van der Waals surface area contributed by atoms with Crippen LogP contribution in [0.3, 0.4) is 0 Å². The van der Waals surface area contributed by atoms with Gasteiger partial charge in [-0.2, -0.15) is 5.10 Å². The van der Waals surface area contributed by atoms with Crippen LogP contribution in [0.5, 0.6) is 0 Å². The van der Waals surface area contributed by atoms with Crippen molar-refractivity contribution in [3.05, 3.63) is 36.2 Å². The Balaban J connectivity index is 1.43. The van der Waals surface area contributed by atoms with E-state index in [1.807, 2.05) is 30.3 Å². The van der Waals surface area contributed by atoms with E-state index in [9.17, 15) is 8.42 Å². The van der Waals surface area contributed by atoms with E-state index in [4.69, 9.17) is 4.98 Å². The first kappa shape index (κ1) is 18.6. The number of nitrogens with zero attached hydrogens (tertiary/aromatic N) is 3. The fourth-order valence-corrected chi connectivity index (χ4v) is 6.14. The summed E-state index contributed by atoms with van der Waals surface area (Å²) in [5.41, 5.74) is 0.987. The van der Waals surface area contributed by atoms with Crippen molar-refractivity contribution in [2.45, 2.75) is 38.0 Å². The van der Waals surface area contributed by atoms with Crippen molar-refractivity contribution >= 4 is 9.84 Å². The van der Waals surface area contributed by atoms with Crippen LogP contribution < -0.4 is 0 Å². The lowest BCUT2D eigenvalue weighted by Gasteiger charge is -2.46. The average molecular weight is 389 g/mol. The minimum atomic E-state index is -2.94. The Morgan fingerprint density at radius 2 is 2.00 bits per heavy atom.